The number of hydrogen-bond acceptors (Lipinski definition) is 4. The Hall–Kier alpha value is -0.903. The van der Waals surface area contributed by atoms with Crippen molar-refractivity contribution in [2.24, 2.45) is 28.6 Å². The van der Waals surface area contributed by atoms with Crippen LogP contribution < -0.4 is 0 Å². The molecular weight excluding hydrogens is 428 g/mol. The normalized spacial score (nSPS) is 42.8. The van der Waals surface area contributed by atoms with Crippen LogP contribution in [0.3, 0.4) is 0 Å². The van der Waals surface area contributed by atoms with Crippen LogP contribution in [0.25, 0.3) is 0 Å². The molecule has 0 radical (unpaired) electrons. The fourth-order valence-electron chi connectivity index (χ4n) is 8.22. The first-order chi connectivity index (χ1) is 15.6. The highest BCUT2D eigenvalue weighted by Crippen LogP contribution is 2.68. The van der Waals surface area contributed by atoms with Gasteiger partial charge in [0.2, 0.25) is 0 Å². The highest BCUT2D eigenvalue weighted by Gasteiger charge is 2.67. The van der Waals surface area contributed by atoms with Gasteiger partial charge >= 0.3 is 0 Å². The molecule has 0 unspecified atom stereocenters. The second kappa shape index (κ2) is 7.31. The molecule has 2 aliphatic heterocycles. The molecule has 6 rings (SSSR count). The molecule has 2 heterocycles. The monoisotopic (exact) mass is 468 g/mol. The minimum absolute atomic E-state index is 0.108. The van der Waals surface area contributed by atoms with E-state index in [4.69, 9.17) is 18.9 Å². The number of fused-ring (bicyclic) bond motifs is 6. The van der Waals surface area contributed by atoms with Crippen molar-refractivity contribution in [3.05, 3.63) is 23.3 Å². The van der Waals surface area contributed by atoms with E-state index in [0.717, 1.165) is 45.3 Å². The highest BCUT2D eigenvalue weighted by atomic mass is 28.3. The molecule has 33 heavy (non-hydrogen) atoms. The summed E-state index contributed by atoms with van der Waals surface area (Å²) in [5, 5.41) is 0. The molecule has 4 fully saturated rings. The molecule has 180 valence electrons. The van der Waals surface area contributed by atoms with E-state index in [1.54, 1.807) is 5.57 Å². The topological polar surface area (TPSA) is 36.9 Å². The molecule has 0 N–H and O–H groups in total. The second-order valence-electron chi connectivity index (χ2n) is 12.8. The fraction of sp³-hybridized carbons (Fsp3) is 0.786. The summed E-state index contributed by atoms with van der Waals surface area (Å²) < 4.78 is 25.1. The molecule has 5 heteroatoms. The zero-order valence-electron chi connectivity index (χ0n) is 21.1. The van der Waals surface area contributed by atoms with E-state index in [2.05, 4.69) is 57.1 Å². The average Bonchev–Trinajstić information content (AvgIpc) is 3.48. The maximum absolute atomic E-state index is 6.39. The average molecular weight is 469 g/mol. The van der Waals surface area contributed by atoms with Crippen LogP contribution in [0.1, 0.15) is 52.4 Å². The van der Waals surface area contributed by atoms with Crippen molar-refractivity contribution < 1.29 is 18.9 Å². The minimum atomic E-state index is -1.51. The van der Waals surface area contributed by atoms with Crippen LogP contribution in [0, 0.1) is 40.0 Å². The summed E-state index contributed by atoms with van der Waals surface area (Å²) in [5.41, 5.74) is 6.65. The van der Waals surface area contributed by atoms with Crippen molar-refractivity contribution >= 4 is 8.07 Å². The van der Waals surface area contributed by atoms with E-state index >= 15 is 0 Å². The fourth-order valence-corrected chi connectivity index (χ4v) is 8.74. The van der Waals surface area contributed by atoms with E-state index < -0.39 is 13.9 Å². The Morgan fingerprint density at radius 3 is 2.33 bits per heavy atom. The number of allylic oxidation sites excluding steroid dienone is 2. The van der Waals surface area contributed by atoms with Gasteiger partial charge in [-0.15, -0.1) is 5.54 Å². The SMILES string of the molecule is C[C@]12CCC3(CC1=CC[C@@H]1[C@@H]2C(C#C[Si](C)(C)C)=C[C@@]2(C)[C@H]1CCC21OCCO1)OCCO3. The van der Waals surface area contributed by atoms with Crippen LogP contribution in [0.4, 0.5) is 0 Å². The van der Waals surface area contributed by atoms with Gasteiger partial charge in [-0.1, -0.05) is 57.1 Å². The third-order valence-corrected chi connectivity index (χ3v) is 10.7. The van der Waals surface area contributed by atoms with Gasteiger partial charge in [0.25, 0.3) is 0 Å². The highest BCUT2D eigenvalue weighted by molar-refractivity contribution is 6.83. The lowest BCUT2D eigenvalue weighted by Crippen LogP contribution is -2.55. The van der Waals surface area contributed by atoms with Crippen molar-refractivity contribution in [3.63, 3.8) is 0 Å². The van der Waals surface area contributed by atoms with Gasteiger partial charge < -0.3 is 18.9 Å². The Balaban J connectivity index is 1.45. The Bertz CT molecular complexity index is 953. The van der Waals surface area contributed by atoms with Crippen molar-refractivity contribution in [3.8, 4) is 11.5 Å². The third-order valence-electron chi connectivity index (χ3n) is 9.80. The first-order valence-corrected chi connectivity index (χ1v) is 16.6. The lowest BCUT2D eigenvalue weighted by molar-refractivity contribution is -0.216. The summed E-state index contributed by atoms with van der Waals surface area (Å²) in [5.74, 6) is 4.59. The van der Waals surface area contributed by atoms with Crippen LogP contribution in [-0.2, 0) is 18.9 Å². The van der Waals surface area contributed by atoms with Gasteiger partial charge in [-0.3, -0.25) is 0 Å². The predicted molar refractivity (Wildman–Crippen MR) is 131 cm³/mol. The summed E-state index contributed by atoms with van der Waals surface area (Å²) in [6.45, 7) is 14.8. The molecule has 0 aromatic heterocycles. The van der Waals surface area contributed by atoms with Gasteiger partial charge in [-0.2, -0.15) is 0 Å². The molecule has 4 nitrogen and oxygen atoms in total. The third kappa shape index (κ3) is 3.24. The van der Waals surface area contributed by atoms with Gasteiger partial charge in [0.05, 0.1) is 26.4 Å². The summed E-state index contributed by atoms with van der Waals surface area (Å²) in [4.78, 5) is 0. The molecule has 5 atom stereocenters. The van der Waals surface area contributed by atoms with Gasteiger partial charge in [-0.05, 0) is 36.5 Å². The van der Waals surface area contributed by atoms with Gasteiger partial charge in [-0.25, -0.2) is 0 Å². The molecule has 4 aliphatic carbocycles. The van der Waals surface area contributed by atoms with E-state index in [1.165, 1.54) is 12.0 Å². The van der Waals surface area contributed by atoms with E-state index in [9.17, 15) is 0 Å². The molecule has 2 spiro atoms. The zero-order chi connectivity index (χ0) is 23.1. The van der Waals surface area contributed by atoms with Crippen molar-refractivity contribution in [2.45, 2.75) is 83.6 Å². The van der Waals surface area contributed by atoms with Crippen LogP contribution in [0.2, 0.25) is 19.6 Å². The lowest BCUT2D eigenvalue weighted by Gasteiger charge is -2.58. The quantitative estimate of drug-likeness (QED) is 0.269. The maximum atomic E-state index is 6.39. The Morgan fingerprint density at radius 2 is 1.64 bits per heavy atom. The van der Waals surface area contributed by atoms with Crippen LogP contribution in [0.5, 0.6) is 0 Å². The molecule has 0 aromatic rings. The molecule has 0 amide bonds. The van der Waals surface area contributed by atoms with Gasteiger partial charge in [0, 0.05) is 36.2 Å². The number of rotatable bonds is 0. The summed E-state index contributed by atoms with van der Waals surface area (Å²) >= 11 is 0. The molecule has 2 saturated carbocycles. The molecular formula is C28H40O4Si. The van der Waals surface area contributed by atoms with Crippen LogP contribution in [-0.4, -0.2) is 46.1 Å². The molecule has 2 saturated heterocycles. The van der Waals surface area contributed by atoms with Gasteiger partial charge in [0.1, 0.15) is 8.07 Å². The summed E-state index contributed by atoms with van der Waals surface area (Å²) in [6, 6.07) is 0. The lowest BCUT2D eigenvalue weighted by atomic mass is 9.48. The Morgan fingerprint density at radius 1 is 0.939 bits per heavy atom. The largest absolute Gasteiger partial charge is 0.347 e. The Labute approximate surface area is 200 Å². The predicted octanol–water partition coefficient (Wildman–Crippen LogP) is 5.46. The standard InChI is InChI=1S/C28H40O4Si/c1-25-11-12-27(29-13-14-30-27)19-21(25)6-7-22-23-8-10-28(31-15-16-32-28)26(23,2)18-20(24(22)25)9-17-33(3,4)5/h6,18,22-24H,7-8,10-16,19H2,1-5H3/t22-,23-,24-,25-,26-/m0/s1. The first-order valence-electron chi connectivity index (χ1n) is 13.1. The van der Waals surface area contributed by atoms with E-state index in [-0.39, 0.29) is 16.6 Å². The van der Waals surface area contributed by atoms with Crippen molar-refractivity contribution in [1.82, 2.24) is 0 Å². The summed E-state index contributed by atoms with van der Waals surface area (Å²) in [6.07, 6.45) is 11.4. The van der Waals surface area contributed by atoms with Crippen molar-refractivity contribution in [1.29, 1.82) is 0 Å². The zero-order valence-corrected chi connectivity index (χ0v) is 22.1. The molecule has 6 aliphatic rings. The minimum Gasteiger partial charge on any atom is -0.347 e. The number of hydrogen-bond donors (Lipinski definition) is 0. The summed E-state index contributed by atoms with van der Waals surface area (Å²) in [7, 11) is -1.51. The second-order valence-corrected chi connectivity index (χ2v) is 17.5. The maximum Gasteiger partial charge on any atom is 0.177 e. The van der Waals surface area contributed by atoms with E-state index in [0.29, 0.717) is 31.0 Å². The Kier molecular flexibility index (Phi) is 4.99. The van der Waals surface area contributed by atoms with Gasteiger partial charge in [0.15, 0.2) is 11.6 Å². The van der Waals surface area contributed by atoms with Crippen LogP contribution in [0.15, 0.2) is 23.3 Å². The molecule has 0 aromatic carbocycles. The molecule has 0 bridgehead atoms. The van der Waals surface area contributed by atoms with E-state index in [1.807, 2.05) is 0 Å². The van der Waals surface area contributed by atoms with Crippen LogP contribution >= 0.6 is 0 Å². The number of ether oxygens (including phenoxy) is 4. The van der Waals surface area contributed by atoms with Crippen molar-refractivity contribution in [2.75, 3.05) is 26.4 Å². The smallest absolute Gasteiger partial charge is 0.177 e. The first kappa shape index (κ1) is 22.6.